The van der Waals surface area contributed by atoms with E-state index in [0.717, 1.165) is 12.8 Å². The highest BCUT2D eigenvalue weighted by molar-refractivity contribution is 7.80. The average Bonchev–Trinajstić information content (AvgIpc) is 2.48. The summed E-state index contributed by atoms with van der Waals surface area (Å²) in [5.41, 5.74) is 1.21. The molecule has 1 amide bonds. The first kappa shape index (κ1) is 17.6. The zero-order valence-electron chi connectivity index (χ0n) is 12.4. The van der Waals surface area contributed by atoms with E-state index in [0.29, 0.717) is 25.2 Å². The van der Waals surface area contributed by atoms with Crippen molar-refractivity contribution >= 4 is 24.5 Å². The van der Waals surface area contributed by atoms with Gasteiger partial charge >= 0.3 is 5.97 Å². The maximum atomic E-state index is 11.9. The molecule has 0 aliphatic carbocycles. The van der Waals surface area contributed by atoms with Gasteiger partial charge in [0.2, 0.25) is 5.91 Å². The van der Waals surface area contributed by atoms with E-state index in [4.69, 9.17) is 4.74 Å². The van der Waals surface area contributed by atoms with Crippen molar-refractivity contribution in [3.8, 4) is 0 Å². The fourth-order valence-electron chi connectivity index (χ4n) is 1.99. The number of carbonyl (C=O) groups excluding carboxylic acids is 2. The monoisotopic (exact) mass is 309 g/mol. The molecule has 0 aliphatic heterocycles. The zero-order chi connectivity index (χ0) is 15.5. The van der Waals surface area contributed by atoms with Gasteiger partial charge in [-0.05, 0) is 37.5 Å². The van der Waals surface area contributed by atoms with Crippen LogP contribution in [0.2, 0.25) is 0 Å². The Labute approximate surface area is 131 Å². The summed E-state index contributed by atoms with van der Waals surface area (Å²) in [6.07, 6.45) is 2.49. The number of rotatable bonds is 9. The number of esters is 1. The number of hydrogen-bond donors (Lipinski definition) is 2. The highest BCUT2D eigenvalue weighted by Crippen LogP contribution is 2.05. The molecule has 5 heteroatoms. The Kier molecular flexibility index (Phi) is 8.59. The summed E-state index contributed by atoms with van der Waals surface area (Å²) in [6.45, 7) is 2.06. The van der Waals surface area contributed by atoms with Gasteiger partial charge in [0.25, 0.3) is 0 Å². The second kappa shape index (κ2) is 10.3. The predicted molar refractivity (Wildman–Crippen MR) is 86.4 cm³/mol. The van der Waals surface area contributed by atoms with Gasteiger partial charge in [0.05, 0.1) is 6.61 Å². The molecule has 1 rings (SSSR count). The molecule has 1 atom stereocenters. The largest absolute Gasteiger partial charge is 0.464 e. The highest BCUT2D eigenvalue weighted by Gasteiger charge is 2.20. The summed E-state index contributed by atoms with van der Waals surface area (Å²) in [5, 5.41) is 2.73. The summed E-state index contributed by atoms with van der Waals surface area (Å²) in [6, 6.07) is 9.43. The van der Waals surface area contributed by atoms with Crippen LogP contribution in [0.15, 0.2) is 30.3 Å². The maximum Gasteiger partial charge on any atom is 0.328 e. The average molecular weight is 309 g/mol. The number of aryl methyl sites for hydroxylation is 1. The fraction of sp³-hybridized carbons (Fsp3) is 0.500. The molecule has 116 valence electrons. The van der Waals surface area contributed by atoms with Gasteiger partial charge in [-0.3, -0.25) is 4.79 Å². The van der Waals surface area contributed by atoms with Crippen molar-refractivity contribution in [2.24, 2.45) is 0 Å². The van der Waals surface area contributed by atoms with Gasteiger partial charge in [-0.1, -0.05) is 30.3 Å². The number of ether oxygens (including phenoxy) is 1. The van der Waals surface area contributed by atoms with Crippen molar-refractivity contribution in [1.82, 2.24) is 5.32 Å². The lowest BCUT2D eigenvalue weighted by Crippen LogP contribution is -2.42. The van der Waals surface area contributed by atoms with E-state index in [9.17, 15) is 9.59 Å². The molecule has 0 aromatic heterocycles. The number of hydrogen-bond acceptors (Lipinski definition) is 4. The normalized spacial score (nSPS) is 11.7. The van der Waals surface area contributed by atoms with Crippen molar-refractivity contribution in [1.29, 1.82) is 0 Å². The van der Waals surface area contributed by atoms with E-state index in [2.05, 4.69) is 17.9 Å². The Hall–Kier alpha value is -1.49. The first-order valence-electron chi connectivity index (χ1n) is 7.28. The molecule has 0 saturated heterocycles. The van der Waals surface area contributed by atoms with Crippen LogP contribution in [-0.2, 0) is 20.7 Å². The minimum Gasteiger partial charge on any atom is -0.464 e. The van der Waals surface area contributed by atoms with Crippen molar-refractivity contribution in [3.05, 3.63) is 35.9 Å². The second-order valence-corrected chi connectivity index (χ2v) is 5.17. The molecule has 0 radical (unpaired) electrons. The smallest absolute Gasteiger partial charge is 0.328 e. The van der Waals surface area contributed by atoms with Gasteiger partial charge in [-0.15, -0.1) is 0 Å². The molecule has 0 bridgehead atoms. The SMILES string of the molecule is CCOC(=O)[C@H](CCS)NC(=O)CCCc1ccccc1. The molecule has 1 N–H and O–H groups in total. The van der Waals surface area contributed by atoms with Gasteiger partial charge in [-0.25, -0.2) is 4.79 Å². The Morgan fingerprint density at radius 2 is 2.00 bits per heavy atom. The highest BCUT2D eigenvalue weighted by atomic mass is 32.1. The van der Waals surface area contributed by atoms with Crippen LogP contribution >= 0.6 is 12.6 Å². The van der Waals surface area contributed by atoms with Crippen molar-refractivity contribution in [2.45, 2.75) is 38.6 Å². The Bertz CT molecular complexity index is 436. The van der Waals surface area contributed by atoms with Crippen LogP contribution < -0.4 is 5.32 Å². The minimum absolute atomic E-state index is 0.120. The van der Waals surface area contributed by atoms with E-state index in [1.807, 2.05) is 30.3 Å². The minimum atomic E-state index is -0.591. The zero-order valence-corrected chi connectivity index (χ0v) is 13.3. The molecule has 21 heavy (non-hydrogen) atoms. The Balaban J connectivity index is 2.34. The molecule has 0 aliphatic rings. The molecule has 0 saturated carbocycles. The van der Waals surface area contributed by atoms with Crippen LogP contribution in [0.25, 0.3) is 0 Å². The Morgan fingerprint density at radius 1 is 1.29 bits per heavy atom. The van der Waals surface area contributed by atoms with Gasteiger partial charge in [-0.2, -0.15) is 12.6 Å². The van der Waals surface area contributed by atoms with Crippen LogP contribution in [0.4, 0.5) is 0 Å². The first-order valence-corrected chi connectivity index (χ1v) is 7.91. The summed E-state index contributed by atoms with van der Waals surface area (Å²) < 4.78 is 4.94. The van der Waals surface area contributed by atoms with Gasteiger partial charge < -0.3 is 10.1 Å². The van der Waals surface area contributed by atoms with Crippen molar-refractivity contribution in [3.63, 3.8) is 0 Å². The lowest BCUT2D eigenvalue weighted by Gasteiger charge is -2.16. The molecular weight excluding hydrogens is 286 g/mol. The maximum absolute atomic E-state index is 11.9. The van der Waals surface area contributed by atoms with E-state index in [1.165, 1.54) is 5.56 Å². The molecule has 1 aromatic carbocycles. The van der Waals surface area contributed by atoms with E-state index < -0.39 is 6.04 Å². The molecule has 4 nitrogen and oxygen atoms in total. The summed E-state index contributed by atoms with van der Waals surface area (Å²) >= 11 is 4.10. The topological polar surface area (TPSA) is 55.4 Å². The second-order valence-electron chi connectivity index (χ2n) is 4.72. The van der Waals surface area contributed by atoms with Crippen molar-refractivity contribution in [2.75, 3.05) is 12.4 Å². The molecule has 0 spiro atoms. The van der Waals surface area contributed by atoms with E-state index in [-0.39, 0.29) is 11.9 Å². The summed E-state index contributed by atoms with van der Waals surface area (Å²) in [4.78, 5) is 23.6. The number of nitrogens with one attached hydrogen (secondary N) is 1. The van der Waals surface area contributed by atoms with Gasteiger partial charge in [0.15, 0.2) is 0 Å². The van der Waals surface area contributed by atoms with Crippen LogP contribution in [-0.4, -0.2) is 30.3 Å². The molecular formula is C16H23NO3S. The van der Waals surface area contributed by atoms with Gasteiger partial charge in [0.1, 0.15) is 6.04 Å². The third-order valence-electron chi connectivity index (χ3n) is 3.04. The van der Waals surface area contributed by atoms with E-state index >= 15 is 0 Å². The summed E-state index contributed by atoms with van der Waals surface area (Å²) in [7, 11) is 0. The van der Waals surface area contributed by atoms with Crippen LogP contribution in [0.3, 0.4) is 0 Å². The van der Waals surface area contributed by atoms with E-state index in [1.54, 1.807) is 6.92 Å². The lowest BCUT2D eigenvalue weighted by molar-refractivity contribution is -0.147. The first-order chi connectivity index (χ1) is 10.2. The molecule has 0 heterocycles. The van der Waals surface area contributed by atoms with Crippen molar-refractivity contribution < 1.29 is 14.3 Å². The third-order valence-corrected chi connectivity index (χ3v) is 3.29. The molecule has 0 fully saturated rings. The quantitative estimate of drug-likeness (QED) is 0.544. The summed E-state index contributed by atoms with van der Waals surface area (Å²) in [5.74, 6) is 0.0158. The Morgan fingerprint density at radius 3 is 2.62 bits per heavy atom. The third kappa shape index (κ3) is 7.18. The number of thiol groups is 1. The predicted octanol–water partition coefficient (Wildman–Crippen LogP) is 2.38. The lowest BCUT2D eigenvalue weighted by atomic mass is 10.1. The number of amides is 1. The molecule has 1 aromatic rings. The number of carbonyl (C=O) groups is 2. The molecule has 0 unspecified atom stereocenters. The van der Waals surface area contributed by atoms with Crippen LogP contribution in [0, 0.1) is 0 Å². The standard InChI is InChI=1S/C16H23NO3S/c1-2-20-16(19)14(11-12-21)17-15(18)10-6-9-13-7-4-3-5-8-13/h3-5,7-8,14,21H,2,6,9-12H2,1H3,(H,17,18)/t14-/m0/s1. The fourth-order valence-corrected chi connectivity index (χ4v) is 2.24. The van der Waals surface area contributed by atoms with Crippen LogP contribution in [0.1, 0.15) is 31.7 Å². The van der Waals surface area contributed by atoms with Crippen LogP contribution in [0.5, 0.6) is 0 Å². The van der Waals surface area contributed by atoms with Gasteiger partial charge in [0, 0.05) is 6.42 Å². The number of benzene rings is 1.